The molecule has 0 amide bonds. The normalized spacial score (nSPS) is 13.1. The van der Waals surface area contributed by atoms with Gasteiger partial charge in [0.2, 0.25) is 0 Å². The number of rotatable bonds is 4. The van der Waals surface area contributed by atoms with E-state index in [9.17, 15) is 15.3 Å². The lowest BCUT2D eigenvalue weighted by atomic mass is 9.76. The molecule has 0 unspecified atom stereocenters. The zero-order valence-corrected chi connectivity index (χ0v) is 27.2. The fourth-order valence-electron chi connectivity index (χ4n) is 5.47. The molecule has 3 aromatic rings. The van der Waals surface area contributed by atoms with Gasteiger partial charge in [-0.1, -0.05) is 113 Å². The summed E-state index contributed by atoms with van der Waals surface area (Å²) in [6.45, 7) is 27.9. The molecule has 0 saturated carbocycles. The van der Waals surface area contributed by atoms with Gasteiger partial charge in [0.05, 0.1) is 0 Å². The molecule has 40 heavy (non-hydrogen) atoms. The second-order valence-corrected chi connectivity index (χ2v) is 15.8. The monoisotopic (exact) mass is 544 g/mol. The average molecular weight is 545 g/mol. The number of benzene rings is 3. The van der Waals surface area contributed by atoms with Gasteiger partial charge in [-0.05, 0) is 74.1 Å². The van der Waals surface area contributed by atoms with E-state index in [0.29, 0.717) is 12.8 Å². The number of hydrogen-bond acceptors (Lipinski definition) is 3. The highest BCUT2D eigenvalue weighted by Gasteiger charge is 2.28. The first-order chi connectivity index (χ1) is 18.0. The van der Waals surface area contributed by atoms with Crippen molar-refractivity contribution in [1.82, 2.24) is 0 Å². The van der Waals surface area contributed by atoms with Gasteiger partial charge < -0.3 is 15.3 Å². The van der Waals surface area contributed by atoms with Gasteiger partial charge in [-0.15, -0.1) is 0 Å². The highest BCUT2D eigenvalue weighted by Crippen LogP contribution is 2.42. The summed E-state index contributed by atoms with van der Waals surface area (Å²) >= 11 is 0. The number of aromatic hydroxyl groups is 3. The topological polar surface area (TPSA) is 60.7 Å². The van der Waals surface area contributed by atoms with E-state index in [0.717, 1.165) is 50.1 Å². The zero-order valence-electron chi connectivity index (χ0n) is 27.2. The highest BCUT2D eigenvalue weighted by molar-refractivity contribution is 5.56. The van der Waals surface area contributed by atoms with Crippen LogP contribution in [0.25, 0.3) is 0 Å². The second kappa shape index (κ2) is 10.5. The van der Waals surface area contributed by atoms with Crippen LogP contribution >= 0.6 is 0 Å². The molecule has 3 nitrogen and oxygen atoms in total. The van der Waals surface area contributed by atoms with E-state index in [1.54, 1.807) is 0 Å². The van der Waals surface area contributed by atoms with Gasteiger partial charge >= 0.3 is 0 Å². The van der Waals surface area contributed by atoms with Crippen LogP contribution in [0.5, 0.6) is 17.2 Å². The van der Waals surface area contributed by atoms with E-state index in [1.807, 2.05) is 31.2 Å². The van der Waals surface area contributed by atoms with E-state index in [-0.39, 0.29) is 38.9 Å². The first-order valence-corrected chi connectivity index (χ1v) is 14.5. The van der Waals surface area contributed by atoms with Crippen molar-refractivity contribution in [3.8, 4) is 17.2 Å². The fraction of sp³-hybridized carbons (Fsp3) is 0.514. The maximum absolute atomic E-state index is 11.6. The Hall–Kier alpha value is -2.94. The minimum Gasteiger partial charge on any atom is -0.508 e. The predicted molar refractivity (Wildman–Crippen MR) is 169 cm³/mol. The van der Waals surface area contributed by atoms with Gasteiger partial charge in [-0.25, -0.2) is 0 Å². The molecule has 0 aliphatic rings. The Labute approximate surface area is 243 Å². The van der Waals surface area contributed by atoms with Gasteiger partial charge in [-0.2, -0.15) is 0 Å². The van der Waals surface area contributed by atoms with Crippen LogP contribution in [0.3, 0.4) is 0 Å². The van der Waals surface area contributed by atoms with E-state index in [1.165, 1.54) is 0 Å². The summed E-state index contributed by atoms with van der Waals surface area (Å²) in [7, 11) is 0. The van der Waals surface area contributed by atoms with Crippen molar-refractivity contribution >= 4 is 0 Å². The largest absolute Gasteiger partial charge is 0.508 e. The molecule has 0 heterocycles. The summed E-state index contributed by atoms with van der Waals surface area (Å²) in [5.41, 5.74) is 8.11. The molecule has 0 atom stereocenters. The van der Waals surface area contributed by atoms with Crippen LogP contribution < -0.4 is 0 Å². The lowest BCUT2D eigenvalue weighted by molar-refractivity contribution is 0.449. The van der Waals surface area contributed by atoms with Crippen molar-refractivity contribution in [2.75, 3.05) is 0 Å². The molecular formula is C37H52O3. The second-order valence-electron chi connectivity index (χ2n) is 15.8. The van der Waals surface area contributed by atoms with Crippen LogP contribution in [0.1, 0.15) is 133 Å². The van der Waals surface area contributed by atoms with Crippen molar-refractivity contribution in [3.05, 3.63) is 86.5 Å². The summed E-state index contributed by atoms with van der Waals surface area (Å²) < 4.78 is 0. The molecule has 0 bridgehead atoms. The molecule has 3 rings (SSSR count). The van der Waals surface area contributed by atoms with Crippen LogP contribution in [0.4, 0.5) is 0 Å². The third-order valence-electron chi connectivity index (χ3n) is 7.95. The first-order valence-electron chi connectivity index (χ1n) is 14.5. The number of aryl methyl sites for hydroxylation is 1. The number of phenols is 3. The minimum atomic E-state index is -0.182. The molecule has 3 N–H and O–H groups in total. The van der Waals surface area contributed by atoms with Crippen molar-refractivity contribution in [2.45, 2.75) is 125 Å². The van der Waals surface area contributed by atoms with E-state index in [2.05, 4.69) is 95.2 Å². The van der Waals surface area contributed by atoms with Crippen LogP contribution in [0, 0.1) is 6.92 Å². The maximum Gasteiger partial charge on any atom is 0.122 e. The summed E-state index contributed by atoms with van der Waals surface area (Å²) in [6, 6.07) is 12.2. The molecule has 0 aliphatic carbocycles. The Morgan fingerprint density at radius 3 is 1.07 bits per heavy atom. The maximum atomic E-state index is 11.6. The Balaban J connectivity index is 2.17. The van der Waals surface area contributed by atoms with Crippen LogP contribution in [0.15, 0.2) is 36.4 Å². The number of phenolic OH excluding ortho intramolecular Hbond substituents is 3. The van der Waals surface area contributed by atoms with Crippen molar-refractivity contribution < 1.29 is 15.3 Å². The van der Waals surface area contributed by atoms with Crippen LogP contribution in [-0.2, 0) is 34.5 Å². The highest BCUT2D eigenvalue weighted by atomic mass is 16.3. The lowest BCUT2D eigenvalue weighted by Gasteiger charge is -2.29. The standard InChI is InChI=1S/C37H52O3/c1-22-14-23(16-27-29(36(8,9)10)18-25(20-31(27)38)34(2,3)4)33(40)24(15-22)17-28-30(37(11,12)13)19-26(21-32(28)39)35(5,6)7/h14-15,18-21,38-40H,16-17H2,1-13H3. The van der Waals surface area contributed by atoms with Gasteiger partial charge in [0.1, 0.15) is 17.2 Å². The van der Waals surface area contributed by atoms with E-state index < -0.39 is 0 Å². The number of hydrogen-bond donors (Lipinski definition) is 3. The molecule has 0 fully saturated rings. The van der Waals surface area contributed by atoms with Gasteiger partial charge in [0.25, 0.3) is 0 Å². The van der Waals surface area contributed by atoms with E-state index >= 15 is 0 Å². The van der Waals surface area contributed by atoms with Crippen molar-refractivity contribution in [2.24, 2.45) is 0 Å². The summed E-state index contributed by atoms with van der Waals surface area (Å²) in [5.74, 6) is 0.763. The first kappa shape index (κ1) is 31.6. The van der Waals surface area contributed by atoms with Crippen LogP contribution in [-0.4, -0.2) is 15.3 Å². The molecule has 3 aromatic carbocycles. The Morgan fingerprint density at radius 2 is 0.800 bits per heavy atom. The fourth-order valence-corrected chi connectivity index (χ4v) is 5.47. The zero-order chi connectivity index (χ0) is 30.6. The summed E-state index contributed by atoms with van der Waals surface area (Å²) in [4.78, 5) is 0. The molecule has 0 radical (unpaired) electrons. The lowest BCUT2D eigenvalue weighted by Crippen LogP contribution is -2.19. The molecular weight excluding hydrogens is 492 g/mol. The van der Waals surface area contributed by atoms with Gasteiger partial charge in [0, 0.05) is 24.0 Å². The molecule has 0 aliphatic heterocycles. The third-order valence-corrected chi connectivity index (χ3v) is 7.95. The van der Waals surface area contributed by atoms with E-state index in [4.69, 9.17) is 0 Å². The van der Waals surface area contributed by atoms with Gasteiger partial charge in [0.15, 0.2) is 0 Å². The molecule has 218 valence electrons. The van der Waals surface area contributed by atoms with Crippen molar-refractivity contribution in [1.29, 1.82) is 0 Å². The van der Waals surface area contributed by atoms with Crippen molar-refractivity contribution in [3.63, 3.8) is 0 Å². The Kier molecular flexibility index (Phi) is 8.27. The molecule has 3 heteroatoms. The summed E-state index contributed by atoms with van der Waals surface area (Å²) in [6.07, 6.45) is 0.842. The quantitative estimate of drug-likeness (QED) is 0.306. The smallest absolute Gasteiger partial charge is 0.122 e. The third kappa shape index (κ3) is 6.85. The summed E-state index contributed by atoms with van der Waals surface area (Å²) in [5, 5.41) is 34.1. The molecule has 0 saturated heterocycles. The molecule has 0 aromatic heterocycles. The Bertz CT molecular complexity index is 1290. The average Bonchev–Trinajstić information content (AvgIpc) is 2.76. The Morgan fingerprint density at radius 1 is 0.475 bits per heavy atom. The SMILES string of the molecule is Cc1cc(Cc2c(O)cc(C(C)(C)C)cc2C(C)(C)C)c(O)c(Cc2c(O)cc(C(C)(C)C)cc2C(C)(C)C)c1. The van der Waals surface area contributed by atoms with Crippen LogP contribution in [0.2, 0.25) is 0 Å². The minimum absolute atomic E-state index is 0.0933. The predicted octanol–water partition coefficient (Wildman–Crippen LogP) is 9.48. The molecule has 0 spiro atoms. The van der Waals surface area contributed by atoms with Gasteiger partial charge in [-0.3, -0.25) is 0 Å².